The van der Waals surface area contributed by atoms with Crippen molar-refractivity contribution >= 4 is 17.4 Å². The van der Waals surface area contributed by atoms with Crippen molar-refractivity contribution in [3.63, 3.8) is 0 Å². The number of rotatable bonds is 5. The summed E-state index contributed by atoms with van der Waals surface area (Å²) >= 11 is 6.06. The molecule has 2 aromatic carbocycles. The Morgan fingerprint density at radius 1 is 1.05 bits per heavy atom. The molecule has 0 aliphatic rings. The van der Waals surface area contributed by atoms with Crippen LogP contribution in [-0.4, -0.2) is 12.3 Å². The third-order valence-electron chi connectivity index (χ3n) is 3.02. The van der Waals surface area contributed by atoms with Crippen molar-refractivity contribution in [3.05, 3.63) is 70.2 Å². The minimum atomic E-state index is 0.0763. The zero-order valence-electron chi connectivity index (χ0n) is 10.6. The van der Waals surface area contributed by atoms with Gasteiger partial charge in [-0.3, -0.25) is 4.79 Å². The van der Waals surface area contributed by atoms with Crippen molar-refractivity contribution in [1.82, 2.24) is 0 Å². The van der Waals surface area contributed by atoms with Crippen LogP contribution in [0.25, 0.3) is 0 Å². The van der Waals surface area contributed by atoms with E-state index >= 15 is 0 Å². The molecule has 0 saturated heterocycles. The molecule has 0 amide bonds. The zero-order valence-corrected chi connectivity index (χ0v) is 11.4. The van der Waals surface area contributed by atoms with E-state index in [0.29, 0.717) is 23.6 Å². The number of nitrogens with two attached hydrogens (primary N) is 1. The topological polar surface area (TPSA) is 43.1 Å². The lowest BCUT2D eigenvalue weighted by atomic mass is 10.0. The summed E-state index contributed by atoms with van der Waals surface area (Å²) in [6, 6.07) is 15.0. The second kappa shape index (κ2) is 6.50. The van der Waals surface area contributed by atoms with Crippen molar-refractivity contribution in [1.29, 1.82) is 0 Å². The van der Waals surface area contributed by atoms with Gasteiger partial charge in [0.05, 0.1) is 0 Å². The number of benzene rings is 2. The van der Waals surface area contributed by atoms with Crippen LogP contribution in [0.2, 0.25) is 5.02 Å². The predicted octanol–water partition coefficient (Wildman–Crippen LogP) is 3.27. The van der Waals surface area contributed by atoms with E-state index in [1.807, 2.05) is 42.5 Å². The van der Waals surface area contributed by atoms with E-state index in [1.165, 1.54) is 0 Å². The molecule has 0 bridgehead atoms. The average molecular weight is 274 g/mol. The highest BCUT2D eigenvalue weighted by Gasteiger charge is 2.09. The number of carbonyl (C=O) groups excluding carboxylic acids is 1. The highest BCUT2D eigenvalue weighted by Crippen LogP contribution is 2.17. The fourth-order valence-corrected chi connectivity index (χ4v) is 2.14. The normalized spacial score (nSPS) is 10.4. The number of hydrogen-bond donors (Lipinski definition) is 1. The summed E-state index contributed by atoms with van der Waals surface area (Å²) in [6.45, 7) is 0.618. The highest BCUT2D eigenvalue weighted by molar-refractivity contribution is 6.31. The first-order chi connectivity index (χ1) is 9.20. The van der Waals surface area contributed by atoms with Gasteiger partial charge in [-0.25, -0.2) is 0 Å². The molecule has 0 spiro atoms. The van der Waals surface area contributed by atoms with E-state index in [2.05, 4.69) is 0 Å². The van der Waals surface area contributed by atoms with Crippen LogP contribution in [0.3, 0.4) is 0 Å². The van der Waals surface area contributed by atoms with Gasteiger partial charge in [0.25, 0.3) is 0 Å². The average Bonchev–Trinajstić information content (AvgIpc) is 2.42. The van der Waals surface area contributed by atoms with Crippen LogP contribution in [-0.2, 0) is 12.8 Å². The molecule has 2 aromatic rings. The molecule has 0 unspecified atom stereocenters. The molecule has 0 aliphatic heterocycles. The minimum absolute atomic E-state index is 0.0763. The quantitative estimate of drug-likeness (QED) is 0.850. The molecule has 19 heavy (non-hydrogen) atoms. The van der Waals surface area contributed by atoms with Crippen LogP contribution in [0.15, 0.2) is 48.5 Å². The first-order valence-electron chi connectivity index (χ1n) is 6.26. The van der Waals surface area contributed by atoms with Gasteiger partial charge in [-0.05, 0) is 30.2 Å². The van der Waals surface area contributed by atoms with Gasteiger partial charge in [-0.2, -0.15) is 0 Å². The Kier molecular flexibility index (Phi) is 4.72. The largest absolute Gasteiger partial charge is 0.330 e. The molecule has 2 nitrogen and oxygen atoms in total. The molecule has 0 saturated carbocycles. The fourth-order valence-electron chi connectivity index (χ4n) is 1.94. The maximum absolute atomic E-state index is 12.2. The molecular formula is C16H16ClNO. The predicted molar refractivity (Wildman–Crippen MR) is 78.7 cm³/mol. The number of ketones is 1. The Morgan fingerprint density at radius 2 is 1.74 bits per heavy atom. The van der Waals surface area contributed by atoms with Crippen molar-refractivity contribution in [2.24, 2.45) is 5.73 Å². The highest BCUT2D eigenvalue weighted by atomic mass is 35.5. The molecule has 0 heterocycles. The van der Waals surface area contributed by atoms with Crippen molar-refractivity contribution in [2.75, 3.05) is 6.54 Å². The Balaban J connectivity index is 2.10. The van der Waals surface area contributed by atoms with Gasteiger partial charge in [0.15, 0.2) is 5.78 Å². The van der Waals surface area contributed by atoms with Crippen LogP contribution in [0, 0.1) is 0 Å². The lowest BCUT2D eigenvalue weighted by Crippen LogP contribution is -2.05. The maximum Gasteiger partial charge on any atom is 0.167 e. The molecular weight excluding hydrogens is 258 g/mol. The summed E-state index contributed by atoms with van der Waals surface area (Å²) in [5.74, 6) is 0.0763. The summed E-state index contributed by atoms with van der Waals surface area (Å²) in [5.41, 5.74) is 8.22. The molecule has 0 aliphatic carbocycles. The molecule has 98 valence electrons. The van der Waals surface area contributed by atoms with Gasteiger partial charge in [0.2, 0.25) is 0 Å². The van der Waals surface area contributed by atoms with Crippen LogP contribution in [0.1, 0.15) is 21.5 Å². The number of halogens is 1. The van der Waals surface area contributed by atoms with E-state index < -0.39 is 0 Å². The minimum Gasteiger partial charge on any atom is -0.330 e. The lowest BCUT2D eigenvalue weighted by Gasteiger charge is -2.05. The summed E-state index contributed by atoms with van der Waals surface area (Å²) in [5, 5.41) is 0.635. The van der Waals surface area contributed by atoms with E-state index in [1.54, 1.807) is 6.07 Å². The van der Waals surface area contributed by atoms with Crippen LogP contribution < -0.4 is 5.73 Å². The molecule has 0 atom stereocenters. The zero-order chi connectivity index (χ0) is 13.7. The van der Waals surface area contributed by atoms with E-state index in [0.717, 1.165) is 17.5 Å². The first kappa shape index (κ1) is 13.8. The van der Waals surface area contributed by atoms with Gasteiger partial charge in [-0.15, -0.1) is 0 Å². The molecule has 0 aromatic heterocycles. The second-order valence-corrected chi connectivity index (χ2v) is 4.83. The number of hydrogen-bond acceptors (Lipinski definition) is 2. The Bertz CT molecular complexity index is 563. The van der Waals surface area contributed by atoms with Crippen LogP contribution >= 0.6 is 11.6 Å². The number of Topliss-reactive ketones (excluding diaryl/α,β-unsaturated/α-hetero) is 1. The van der Waals surface area contributed by atoms with E-state index in [4.69, 9.17) is 17.3 Å². The molecule has 2 N–H and O–H groups in total. The van der Waals surface area contributed by atoms with Crippen LogP contribution in [0.4, 0.5) is 0 Å². The SMILES string of the molecule is NCCc1ccc(C(=O)Cc2ccccc2Cl)cc1. The van der Waals surface area contributed by atoms with Crippen LogP contribution in [0.5, 0.6) is 0 Å². The van der Waals surface area contributed by atoms with Gasteiger partial charge in [0, 0.05) is 17.0 Å². The molecule has 0 fully saturated rings. The molecule has 0 radical (unpaired) electrons. The molecule has 2 rings (SSSR count). The Labute approximate surface area is 118 Å². The Morgan fingerprint density at radius 3 is 2.37 bits per heavy atom. The summed E-state index contributed by atoms with van der Waals surface area (Å²) in [7, 11) is 0. The van der Waals surface area contributed by atoms with Gasteiger partial charge in [-0.1, -0.05) is 54.1 Å². The van der Waals surface area contributed by atoms with Crippen molar-refractivity contribution in [2.45, 2.75) is 12.8 Å². The number of carbonyl (C=O) groups is 1. The second-order valence-electron chi connectivity index (χ2n) is 4.43. The summed E-state index contributed by atoms with van der Waals surface area (Å²) in [6.07, 6.45) is 1.16. The van der Waals surface area contributed by atoms with Crippen molar-refractivity contribution < 1.29 is 4.79 Å². The van der Waals surface area contributed by atoms with E-state index in [9.17, 15) is 4.79 Å². The van der Waals surface area contributed by atoms with Gasteiger partial charge in [0.1, 0.15) is 0 Å². The third-order valence-corrected chi connectivity index (χ3v) is 3.39. The van der Waals surface area contributed by atoms with E-state index in [-0.39, 0.29) is 5.78 Å². The standard InChI is InChI=1S/C16H16ClNO/c17-15-4-2-1-3-14(15)11-16(19)13-7-5-12(6-8-13)9-10-18/h1-8H,9-11,18H2. The summed E-state index contributed by atoms with van der Waals surface area (Å²) in [4.78, 5) is 12.2. The summed E-state index contributed by atoms with van der Waals surface area (Å²) < 4.78 is 0. The third kappa shape index (κ3) is 3.66. The van der Waals surface area contributed by atoms with Gasteiger partial charge >= 0.3 is 0 Å². The maximum atomic E-state index is 12.2. The van der Waals surface area contributed by atoms with Gasteiger partial charge < -0.3 is 5.73 Å². The molecule has 3 heteroatoms. The smallest absolute Gasteiger partial charge is 0.167 e. The monoisotopic (exact) mass is 273 g/mol. The first-order valence-corrected chi connectivity index (χ1v) is 6.64. The fraction of sp³-hybridized carbons (Fsp3) is 0.188. The lowest BCUT2D eigenvalue weighted by molar-refractivity contribution is 0.0993. The Hall–Kier alpha value is -1.64. The van der Waals surface area contributed by atoms with Crippen molar-refractivity contribution in [3.8, 4) is 0 Å².